The maximum absolute atomic E-state index is 12.6. The Morgan fingerprint density at radius 1 is 0.824 bits per heavy atom. The van der Waals surface area contributed by atoms with Gasteiger partial charge in [0.2, 0.25) is 0 Å². The maximum atomic E-state index is 12.6. The normalized spacial score (nSPS) is 11.7. The first kappa shape index (κ1) is 10.3. The Kier molecular flexibility index (Phi) is 2.32. The number of hydrogen-bond donors (Lipinski definition) is 0. The van der Waals surface area contributed by atoms with Crippen LogP contribution in [0.2, 0.25) is 0 Å². The van der Waals surface area contributed by atoms with Crippen molar-refractivity contribution < 1.29 is 8.78 Å². The summed E-state index contributed by atoms with van der Waals surface area (Å²) in [6.45, 7) is -0.256. The Morgan fingerprint density at radius 3 is 1.76 bits per heavy atom. The highest BCUT2D eigenvalue weighted by Gasteiger charge is 2.12. The lowest BCUT2D eigenvalue weighted by molar-refractivity contribution is 0.129. The van der Waals surface area contributed by atoms with Crippen molar-refractivity contribution in [1.82, 2.24) is 4.57 Å². The second-order valence-corrected chi connectivity index (χ2v) is 4.04. The lowest BCUT2D eigenvalue weighted by Gasteiger charge is -2.05. The van der Waals surface area contributed by atoms with Gasteiger partial charge in [-0.15, -0.1) is 0 Å². The van der Waals surface area contributed by atoms with E-state index < -0.39 is 6.43 Å². The van der Waals surface area contributed by atoms with E-state index in [1.54, 1.807) is 4.57 Å². The molecule has 1 nitrogen and oxygen atoms in total. The van der Waals surface area contributed by atoms with Crippen LogP contribution in [0.15, 0.2) is 48.5 Å². The van der Waals surface area contributed by atoms with Crippen LogP contribution in [0.4, 0.5) is 8.78 Å². The van der Waals surface area contributed by atoms with Crippen LogP contribution >= 0.6 is 0 Å². The summed E-state index contributed by atoms with van der Waals surface area (Å²) in [5, 5.41) is 2.06. The number of rotatable bonds is 2. The molecule has 1 heterocycles. The zero-order valence-corrected chi connectivity index (χ0v) is 9.11. The van der Waals surface area contributed by atoms with Crippen LogP contribution in [0, 0.1) is 0 Å². The largest absolute Gasteiger partial charge is 0.335 e. The fourth-order valence-corrected chi connectivity index (χ4v) is 2.34. The van der Waals surface area contributed by atoms with Crippen LogP contribution < -0.4 is 0 Å². The highest BCUT2D eigenvalue weighted by atomic mass is 19.3. The fourth-order valence-electron chi connectivity index (χ4n) is 2.34. The van der Waals surface area contributed by atoms with E-state index in [0.29, 0.717) is 0 Å². The minimum absolute atomic E-state index is 0.256. The van der Waals surface area contributed by atoms with Crippen molar-refractivity contribution in [2.24, 2.45) is 0 Å². The number of aromatic nitrogens is 1. The lowest BCUT2D eigenvalue weighted by atomic mass is 10.2. The molecule has 0 aliphatic carbocycles. The molecule has 3 heteroatoms. The summed E-state index contributed by atoms with van der Waals surface area (Å²) in [5.74, 6) is 0. The van der Waals surface area contributed by atoms with Crippen LogP contribution in [0.5, 0.6) is 0 Å². The summed E-state index contributed by atoms with van der Waals surface area (Å²) < 4.78 is 27.0. The van der Waals surface area contributed by atoms with Crippen molar-refractivity contribution in [2.75, 3.05) is 0 Å². The van der Waals surface area contributed by atoms with Gasteiger partial charge in [0.15, 0.2) is 0 Å². The van der Waals surface area contributed by atoms with Gasteiger partial charge in [0.05, 0.1) is 6.54 Å². The molecule has 0 saturated carbocycles. The molecule has 0 radical (unpaired) electrons. The summed E-state index contributed by atoms with van der Waals surface area (Å²) in [5.41, 5.74) is 1.74. The molecule has 0 N–H and O–H groups in total. The highest BCUT2D eigenvalue weighted by Crippen LogP contribution is 2.29. The van der Waals surface area contributed by atoms with Gasteiger partial charge in [0.1, 0.15) is 0 Å². The average Bonchev–Trinajstić information content (AvgIpc) is 2.65. The third kappa shape index (κ3) is 1.58. The number of hydrogen-bond acceptors (Lipinski definition) is 0. The molecule has 0 saturated heterocycles. The van der Waals surface area contributed by atoms with Crippen LogP contribution in [0.25, 0.3) is 21.8 Å². The lowest BCUT2D eigenvalue weighted by Crippen LogP contribution is -2.05. The standard InChI is InChI=1S/C14H11F2N/c15-14(16)9-17-12-7-3-1-5-10(12)11-6-2-4-8-13(11)17/h1-8,14H,9H2. The molecule has 0 fully saturated rings. The van der Waals surface area contributed by atoms with E-state index in [-0.39, 0.29) is 6.54 Å². The SMILES string of the molecule is FC(F)Cn1c2ccccc2c2ccccc21. The van der Waals surface area contributed by atoms with Crippen LogP contribution in [-0.2, 0) is 6.54 Å². The van der Waals surface area contributed by atoms with E-state index in [9.17, 15) is 8.78 Å². The molecule has 0 atom stereocenters. The smallest absolute Gasteiger partial charge is 0.256 e. The molecule has 17 heavy (non-hydrogen) atoms. The van der Waals surface area contributed by atoms with Gasteiger partial charge in [-0.25, -0.2) is 8.78 Å². The number of halogens is 2. The number of fused-ring (bicyclic) bond motifs is 3. The summed E-state index contributed by atoms with van der Waals surface area (Å²) in [7, 11) is 0. The zero-order chi connectivity index (χ0) is 11.8. The van der Waals surface area contributed by atoms with Gasteiger partial charge < -0.3 is 4.57 Å². The first-order valence-corrected chi connectivity index (χ1v) is 5.51. The molecular weight excluding hydrogens is 220 g/mol. The molecule has 0 amide bonds. The summed E-state index contributed by atoms with van der Waals surface area (Å²) in [4.78, 5) is 0. The van der Waals surface area contributed by atoms with Gasteiger partial charge in [-0.1, -0.05) is 36.4 Å². The molecule has 0 unspecified atom stereocenters. The van der Waals surface area contributed by atoms with Crippen LogP contribution in [0.3, 0.4) is 0 Å². The second-order valence-electron chi connectivity index (χ2n) is 4.04. The first-order chi connectivity index (χ1) is 8.27. The van der Waals surface area contributed by atoms with Crippen molar-refractivity contribution in [3.8, 4) is 0 Å². The molecule has 0 aliphatic rings. The van der Waals surface area contributed by atoms with Gasteiger partial charge in [-0.3, -0.25) is 0 Å². The van der Waals surface area contributed by atoms with Gasteiger partial charge in [0, 0.05) is 21.8 Å². The van der Waals surface area contributed by atoms with E-state index in [1.807, 2.05) is 48.5 Å². The minimum Gasteiger partial charge on any atom is -0.335 e. The average molecular weight is 231 g/mol. The molecule has 0 aliphatic heterocycles. The van der Waals surface area contributed by atoms with Crippen LogP contribution in [-0.4, -0.2) is 11.0 Å². The van der Waals surface area contributed by atoms with Gasteiger partial charge in [-0.05, 0) is 12.1 Å². The Hall–Kier alpha value is -1.90. The van der Waals surface area contributed by atoms with Gasteiger partial charge in [0.25, 0.3) is 6.43 Å². The number of benzene rings is 2. The monoisotopic (exact) mass is 231 g/mol. The maximum Gasteiger partial charge on any atom is 0.256 e. The summed E-state index contributed by atoms with van der Waals surface area (Å²) in [6, 6.07) is 15.3. The first-order valence-electron chi connectivity index (χ1n) is 5.51. The third-order valence-corrected chi connectivity index (χ3v) is 3.00. The third-order valence-electron chi connectivity index (χ3n) is 3.00. The molecular formula is C14H11F2N. The van der Waals surface area contributed by atoms with Crippen molar-refractivity contribution >= 4 is 21.8 Å². The summed E-state index contributed by atoms with van der Waals surface area (Å²) >= 11 is 0. The van der Waals surface area contributed by atoms with E-state index in [4.69, 9.17) is 0 Å². The molecule has 3 rings (SSSR count). The molecule has 2 aromatic carbocycles. The topological polar surface area (TPSA) is 4.93 Å². The number of para-hydroxylation sites is 2. The molecule has 86 valence electrons. The zero-order valence-electron chi connectivity index (χ0n) is 9.11. The van der Waals surface area contributed by atoms with E-state index in [0.717, 1.165) is 21.8 Å². The highest BCUT2D eigenvalue weighted by molar-refractivity contribution is 6.07. The Morgan fingerprint density at radius 2 is 1.29 bits per heavy atom. The van der Waals surface area contributed by atoms with Crippen molar-refractivity contribution in [1.29, 1.82) is 0 Å². The predicted molar refractivity (Wildman–Crippen MR) is 65.4 cm³/mol. The quantitative estimate of drug-likeness (QED) is 0.626. The fraction of sp³-hybridized carbons (Fsp3) is 0.143. The minimum atomic E-state index is -2.34. The predicted octanol–water partition coefficient (Wildman–Crippen LogP) is 4.06. The Balaban J connectivity index is 2.41. The van der Waals surface area contributed by atoms with E-state index >= 15 is 0 Å². The Labute approximate surface area is 97.3 Å². The van der Waals surface area contributed by atoms with E-state index in [1.165, 1.54) is 0 Å². The van der Waals surface area contributed by atoms with Gasteiger partial charge in [-0.2, -0.15) is 0 Å². The molecule has 0 bridgehead atoms. The number of alkyl halides is 2. The van der Waals surface area contributed by atoms with Crippen molar-refractivity contribution in [2.45, 2.75) is 13.0 Å². The van der Waals surface area contributed by atoms with Gasteiger partial charge >= 0.3 is 0 Å². The summed E-state index contributed by atoms with van der Waals surface area (Å²) in [6.07, 6.45) is -2.34. The van der Waals surface area contributed by atoms with E-state index in [2.05, 4.69) is 0 Å². The van der Waals surface area contributed by atoms with Crippen molar-refractivity contribution in [3.05, 3.63) is 48.5 Å². The number of nitrogens with zero attached hydrogens (tertiary/aromatic N) is 1. The molecule has 0 spiro atoms. The van der Waals surface area contributed by atoms with Crippen molar-refractivity contribution in [3.63, 3.8) is 0 Å². The second kappa shape index (κ2) is 3.84. The molecule has 1 aromatic heterocycles. The Bertz CT molecular complexity index is 617. The molecule has 3 aromatic rings. The van der Waals surface area contributed by atoms with Crippen LogP contribution in [0.1, 0.15) is 0 Å².